The van der Waals surface area contributed by atoms with Crippen LogP contribution in [-0.4, -0.2) is 6.61 Å². The molecule has 1 fully saturated rings. The first-order valence-corrected chi connectivity index (χ1v) is 6.96. The maximum atomic E-state index is 6.02. The Morgan fingerprint density at radius 3 is 2.59 bits per heavy atom. The Hall–Kier alpha value is -0.980. The van der Waals surface area contributed by atoms with E-state index in [2.05, 4.69) is 38.1 Å². The van der Waals surface area contributed by atoms with Crippen molar-refractivity contribution in [3.8, 4) is 5.75 Å². The van der Waals surface area contributed by atoms with Crippen LogP contribution in [0.5, 0.6) is 5.75 Å². The van der Waals surface area contributed by atoms with E-state index in [4.69, 9.17) is 4.74 Å². The number of hydrogen-bond acceptors (Lipinski definition) is 1. The van der Waals surface area contributed by atoms with Gasteiger partial charge in [0.05, 0.1) is 6.61 Å². The Labute approximate surface area is 105 Å². The van der Waals surface area contributed by atoms with Crippen LogP contribution in [0.1, 0.15) is 45.1 Å². The van der Waals surface area contributed by atoms with E-state index in [1.807, 2.05) is 0 Å². The fourth-order valence-corrected chi connectivity index (χ4v) is 2.64. The molecule has 1 aromatic carbocycles. The van der Waals surface area contributed by atoms with Crippen molar-refractivity contribution in [1.82, 2.24) is 0 Å². The van der Waals surface area contributed by atoms with Crippen molar-refractivity contribution in [3.05, 3.63) is 29.8 Å². The number of benzene rings is 1. The van der Waals surface area contributed by atoms with Crippen molar-refractivity contribution in [1.29, 1.82) is 0 Å². The van der Waals surface area contributed by atoms with Crippen molar-refractivity contribution in [2.24, 2.45) is 11.8 Å². The van der Waals surface area contributed by atoms with Crippen molar-refractivity contribution < 1.29 is 4.74 Å². The van der Waals surface area contributed by atoms with E-state index in [9.17, 15) is 0 Å². The molecule has 0 amide bonds. The SMILES string of the molecule is CC(C)Cc1ccccc1OCC1CCCC1. The van der Waals surface area contributed by atoms with Crippen LogP contribution in [0, 0.1) is 11.8 Å². The minimum absolute atomic E-state index is 0.686. The van der Waals surface area contributed by atoms with Crippen LogP contribution in [0.3, 0.4) is 0 Å². The van der Waals surface area contributed by atoms with Crippen molar-refractivity contribution in [2.75, 3.05) is 6.61 Å². The monoisotopic (exact) mass is 232 g/mol. The fourth-order valence-electron chi connectivity index (χ4n) is 2.64. The minimum Gasteiger partial charge on any atom is -0.493 e. The zero-order valence-electron chi connectivity index (χ0n) is 11.1. The standard InChI is InChI=1S/C16H24O/c1-13(2)11-15-9-5-6-10-16(15)17-12-14-7-3-4-8-14/h5-6,9-10,13-14H,3-4,7-8,11-12H2,1-2H3. The lowest BCUT2D eigenvalue weighted by Gasteiger charge is -2.15. The molecule has 94 valence electrons. The van der Waals surface area contributed by atoms with E-state index >= 15 is 0 Å². The number of para-hydroxylation sites is 1. The van der Waals surface area contributed by atoms with Gasteiger partial charge in [0, 0.05) is 0 Å². The Balaban J connectivity index is 1.94. The average molecular weight is 232 g/mol. The summed E-state index contributed by atoms with van der Waals surface area (Å²) >= 11 is 0. The van der Waals surface area contributed by atoms with Crippen molar-refractivity contribution in [3.63, 3.8) is 0 Å². The van der Waals surface area contributed by atoms with Crippen LogP contribution < -0.4 is 4.74 Å². The minimum atomic E-state index is 0.686. The van der Waals surface area contributed by atoms with Gasteiger partial charge >= 0.3 is 0 Å². The first-order valence-electron chi connectivity index (χ1n) is 6.96. The fraction of sp³-hybridized carbons (Fsp3) is 0.625. The van der Waals surface area contributed by atoms with Crippen LogP contribution >= 0.6 is 0 Å². The highest BCUT2D eigenvalue weighted by molar-refractivity contribution is 5.33. The number of hydrogen-bond donors (Lipinski definition) is 0. The number of rotatable bonds is 5. The molecule has 1 aliphatic carbocycles. The van der Waals surface area contributed by atoms with Gasteiger partial charge in [-0.25, -0.2) is 0 Å². The molecule has 0 bridgehead atoms. The molecule has 0 spiro atoms. The molecule has 1 heteroatoms. The lowest BCUT2D eigenvalue weighted by molar-refractivity contribution is 0.249. The van der Waals surface area contributed by atoms with Gasteiger partial charge in [-0.1, -0.05) is 44.9 Å². The van der Waals surface area contributed by atoms with E-state index < -0.39 is 0 Å². The second-order valence-corrected chi connectivity index (χ2v) is 5.67. The Kier molecular flexibility index (Phi) is 4.47. The summed E-state index contributed by atoms with van der Waals surface area (Å²) < 4.78 is 6.02. The van der Waals surface area contributed by atoms with Gasteiger partial charge in [-0.3, -0.25) is 0 Å². The van der Waals surface area contributed by atoms with Crippen LogP contribution in [0.2, 0.25) is 0 Å². The van der Waals surface area contributed by atoms with E-state index in [-0.39, 0.29) is 0 Å². The molecule has 1 aliphatic rings. The molecule has 2 rings (SSSR count). The van der Waals surface area contributed by atoms with E-state index in [1.165, 1.54) is 31.2 Å². The molecule has 1 nitrogen and oxygen atoms in total. The molecule has 0 unspecified atom stereocenters. The second kappa shape index (κ2) is 6.09. The highest BCUT2D eigenvalue weighted by Gasteiger charge is 2.16. The van der Waals surface area contributed by atoms with E-state index in [0.29, 0.717) is 5.92 Å². The summed E-state index contributed by atoms with van der Waals surface area (Å²) in [6, 6.07) is 8.50. The Morgan fingerprint density at radius 2 is 1.88 bits per heavy atom. The van der Waals surface area contributed by atoms with Gasteiger partial charge in [-0.15, -0.1) is 0 Å². The zero-order valence-corrected chi connectivity index (χ0v) is 11.1. The third-order valence-electron chi connectivity index (χ3n) is 3.55. The molecule has 1 aromatic rings. The van der Waals surface area contributed by atoms with Crippen LogP contribution in [0.15, 0.2) is 24.3 Å². The third kappa shape index (κ3) is 3.76. The van der Waals surface area contributed by atoms with E-state index in [1.54, 1.807) is 0 Å². The molecule has 0 aliphatic heterocycles. The third-order valence-corrected chi connectivity index (χ3v) is 3.55. The predicted octanol–water partition coefficient (Wildman–Crippen LogP) is 4.45. The lowest BCUT2D eigenvalue weighted by atomic mass is 10.0. The van der Waals surface area contributed by atoms with Crippen LogP contribution in [-0.2, 0) is 6.42 Å². The summed E-state index contributed by atoms with van der Waals surface area (Å²) in [5.41, 5.74) is 1.36. The van der Waals surface area contributed by atoms with Crippen LogP contribution in [0.25, 0.3) is 0 Å². The summed E-state index contributed by atoms with van der Waals surface area (Å²) in [6.07, 6.45) is 6.60. The van der Waals surface area contributed by atoms with Gasteiger partial charge in [-0.2, -0.15) is 0 Å². The summed E-state index contributed by atoms with van der Waals surface area (Å²) in [7, 11) is 0. The maximum absolute atomic E-state index is 6.02. The van der Waals surface area contributed by atoms with Crippen molar-refractivity contribution in [2.45, 2.75) is 46.0 Å². The van der Waals surface area contributed by atoms with Crippen LogP contribution in [0.4, 0.5) is 0 Å². The Morgan fingerprint density at radius 1 is 1.18 bits per heavy atom. The normalized spacial score (nSPS) is 16.6. The summed E-state index contributed by atoms with van der Waals surface area (Å²) in [6.45, 7) is 5.43. The zero-order chi connectivity index (χ0) is 12.1. The topological polar surface area (TPSA) is 9.23 Å². The molecule has 0 saturated heterocycles. The molecular formula is C16H24O. The summed E-state index contributed by atoms with van der Waals surface area (Å²) in [5, 5.41) is 0. The van der Waals surface area contributed by atoms with Gasteiger partial charge in [0.15, 0.2) is 0 Å². The van der Waals surface area contributed by atoms with Gasteiger partial charge in [0.1, 0.15) is 5.75 Å². The van der Waals surface area contributed by atoms with Gasteiger partial charge in [-0.05, 0) is 42.7 Å². The lowest BCUT2D eigenvalue weighted by Crippen LogP contribution is -2.09. The summed E-state index contributed by atoms with van der Waals surface area (Å²) in [4.78, 5) is 0. The van der Waals surface area contributed by atoms with E-state index in [0.717, 1.165) is 24.7 Å². The van der Waals surface area contributed by atoms with Gasteiger partial charge in [0.25, 0.3) is 0 Å². The smallest absolute Gasteiger partial charge is 0.122 e. The van der Waals surface area contributed by atoms with Crippen molar-refractivity contribution >= 4 is 0 Å². The second-order valence-electron chi connectivity index (χ2n) is 5.67. The highest BCUT2D eigenvalue weighted by Crippen LogP contribution is 2.27. The first-order chi connectivity index (χ1) is 8.25. The molecule has 17 heavy (non-hydrogen) atoms. The molecule has 0 radical (unpaired) electrons. The highest BCUT2D eigenvalue weighted by atomic mass is 16.5. The van der Waals surface area contributed by atoms with Gasteiger partial charge < -0.3 is 4.74 Å². The molecule has 0 heterocycles. The predicted molar refractivity (Wildman–Crippen MR) is 72.4 cm³/mol. The molecule has 0 aromatic heterocycles. The molecular weight excluding hydrogens is 208 g/mol. The summed E-state index contributed by atoms with van der Waals surface area (Å²) in [5.74, 6) is 2.58. The molecule has 0 atom stereocenters. The number of ether oxygens (including phenoxy) is 1. The quantitative estimate of drug-likeness (QED) is 0.728. The largest absolute Gasteiger partial charge is 0.493 e. The maximum Gasteiger partial charge on any atom is 0.122 e. The van der Waals surface area contributed by atoms with Gasteiger partial charge in [0.2, 0.25) is 0 Å². The molecule has 1 saturated carbocycles. The molecule has 0 N–H and O–H groups in total. The first kappa shape index (κ1) is 12.5. The average Bonchev–Trinajstić information content (AvgIpc) is 2.80. The Bertz CT molecular complexity index is 337.